The van der Waals surface area contributed by atoms with Gasteiger partial charge in [0.25, 0.3) is 0 Å². The van der Waals surface area contributed by atoms with Crippen LogP contribution < -0.4 is 5.32 Å². The molecule has 5 heteroatoms. The lowest BCUT2D eigenvalue weighted by Gasteiger charge is -2.20. The van der Waals surface area contributed by atoms with Gasteiger partial charge in [-0.15, -0.1) is 0 Å². The van der Waals surface area contributed by atoms with Gasteiger partial charge < -0.3 is 5.32 Å². The number of nitrogens with one attached hydrogen (secondary N) is 1. The average Bonchev–Trinajstić information content (AvgIpc) is 1.98. The van der Waals surface area contributed by atoms with Crippen molar-refractivity contribution in [2.24, 2.45) is 0 Å². The summed E-state index contributed by atoms with van der Waals surface area (Å²) in [6.07, 6.45) is 2.43. The Kier molecular flexibility index (Phi) is 6.68. The average molecular weight is 243 g/mol. The quantitative estimate of drug-likeness (QED) is 0.712. The molecule has 0 heterocycles. The van der Waals surface area contributed by atoms with Crippen LogP contribution in [-0.2, 0) is 0 Å². The molecule has 0 aliphatic rings. The Labute approximate surface area is 94.2 Å². The van der Waals surface area contributed by atoms with Crippen molar-refractivity contribution in [3.8, 4) is 0 Å². The van der Waals surface area contributed by atoms with Crippen molar-refractivity contribution in [2.45, 2.75) is 51.1 Å². The van der Waals surface area contributed by atoms with Gasteiger partial charge in [0.15, 0.2) is 0 Å². The van der Waals surface area contributed by atoms with E-state index in [0.29, 0.717) is 6.42 Å². The second kappa shape index (κ2) is 6.63. The van der Waals surface area contributed by atoms with Crippen LogP contribution in [-0.4, -0.2) is 23.3 Å². The molecule has 0 amide bonds. The van der Waals surface area contributed by atoms with E-state index in [-0.39, 0.29) is 23.1 Å². The van der Waals surface area contributed by atoms with Gasteiger partial charge in [0.2, 0.25) is 0 Å². The van der Waals surface area contributed by atoms with Gasteiger partial charge in [-0.25, -0.2) is 0 Å². The Morgan fingerprint density at radius 2 is 1.60 bits per heavy atom. The van der Waals surface area contributed by atoms with E-state index in [9.17, 15) is 13.2 Å². The fourth-order valence-electron chi connectivity index (χ4n) is 1.06. The molecular weight excluding hydrogens is 223 g/mol. The summed E-state index contributed by atoms with van der Waals surface area (Å²) >= 11 is 0.0767. The maximum absolute atomic E-state index is 11.7. The molecule has 0 unspecified atom stereocenters. The first kappa shape index (κ1) is 15.1. The molecule has 0 radical (unpaired) electrons. The predicted molar refractivity (Wildman–Crippen MR) is 60.1 cm³/mol. The highest BCUT2D eigenvalue weighted by Crippen LogP contribution is 2.30. The first-order valence-electron chi connectivity index (χ1n) is 5.16. The Balaban J connectivity index is 3.20. The summed E-state index contributed by atoms with van der Waals surface area (Å²) in [6, 6.07) is 0. The molecule has 0 aromatic heterocycles. The summed E-state index contributed by atoms with van der Waals surface area (Å²) in [5, 5.41) is 3.30. The largest absolute Gasteiger partial charge is 0.441 e. The standard InChI is InChI=1S/C10H20F3NS/c1-9(2,3)14-7-5-4-6-8-15-10(11,12)13/h14H,4-8H2,1-3H3. The smallest absolute Gasteiger partial charge is 0.312 e. The summed E-state index contributed by atoms with van der Waals surface area (Å²) in [5.41, 5.74) is -3.97. The Morgan fingerprint density at radius 3 is 2.07 bits per heavy atom. The minimum absolute atomic E-state index is 0.0767. The highest BCUT2D eigenvalue weighted by Gasteiger charge is 2.27. The molecule has 0 spiro atoms. The van der Waals surface area contributed by atoms with Crippen molar-refractivity contribution < 1.29 is 13.2 Å². The van der Waals surface area contributed by atoms with E-state index >= 15 is 0 Å². The molecule has 0 aromatic rings. The van der Waals surface area contributed by atoms with E-state index in [2.05, 4.69) is 26.1 Å². The molecule has 15 heavy (non-hydrogen) atoms. The molecule has 0 aliphatic heterocycles. The number of alkyl halides is 3. The molecule has 0 aliphatic carbocycles. The third kappa shape index (κ3) is 14.1. The van der Waals surface area contributed by atoms with E-state index in [1.807, 2.05) is 0 Å². The first-order chi connectivity index (χ1) is 6.71. The Morgan fingerprint density at radius 1 is 1.00 bits per heavy atom. The molecule has 92 valence electrons. The fraction of sp³-hybridized carbons (Fsp3) is 1.00. The number of thioether (sulfide) groups is 1. The minimum atomic E-state index is -4.07. The van der Waals surface area contributed by atoms with E-state index in [0.717, 1.165) is 19.4 Å². The predicted octanol–water partition coefficient (Wildman–Crippen LogP) is 3.80. The molecule has 0 atom stereocenters. The number of hydrogen-bond acceptors (Lipinski definition) is 2. The zero-order valence-electron chi connectivity index (χ0n) is 9.58. The summed E-state index contributed by atoms with van der Waals surface area (Å²) in [7, 11) is 0. The summed E-state index contributed by atoms with van der Waals surface area (Å²) in [6.45, 7) is 7.10. The lowest BCUT2D eigenvalue weighted by atomic mass is 10.1. The molecular formula is C10H20F3NS. The Hall–Kier alpha value is 0.100. The molecule has 0 bridgehead atoms. The molecule has 0 saturated heterocycles. The second-order valence-corrected chi connectivity index (χ2v) is 5.69. The summed E-state index contributed by atoms with van der Waals surface area (Å²) in [5.74, 6) is 0.180. The normalized spacial score (nSPS) is 13.2. The van der Waals surface area contributed by atoms with Gasteiger partial charge in [0.1, 0.15) is 0 Å². The maximum Gasteiger partial charge on any atom is 0.441 e. The van der Waals surface area contributed by atoms with Gasteiger partial charge in [-0.1, -0.05) is 18.2 Å². The van der Waals surface area contributed by atoms with Crippen molar-refractivity contribution in [2.75, 3.05) is 12.3 Å². The molecule has 1 nitrogen and oxygen atoms in total. The lowest BCUT2D eigenvalue weighted by molar-refractivity contribution is -0.0328. The van der Waals surface area contributed by atoms with Gasteiger partial charge in [0.05, 0.1) is 0 Å². The van der Waals surface area contributed by atoms with Crippen LogP contribution in [0.4, 0.5) is 13.2 Å². The van der Waals surface area contributed by atoms with E-state index in [1.165, 1.54) is 0 Å². The van der Waals surface area contributed by atoms with E-state index < -0.39 is 5.51 Å². The second-order valence-electron chi connectivity index (χ2n) is 4.53. The van der Waals surface area contributed by atoms with E-state index in [1.54, 1.807) is 0 Å². The van der Waals surface area contributed by atoms with Gasteiger partial charge in [0, 0.05) is 11.3 Å². The van der Waals surface area contributed by atoms with Crippen molar-refractivity contribution in [1.82, 2.24) is 5.32 Å². The third-order valence-electron chi connectivity index (χ3n) is 1.74. The van der Waals surface area contributed by atoms with Crippen LogP contribution in [0.3, 0.4) is 0 Å². The monoisotopic (exact) mass is 243 g/mol. The van der Waals surface area contributed by atoms with Crippen LogP contribution in [0.1, 0.15) is 40.0 Å². The van der Waals surface area contributed by atoms with Crippen molar-refractivity contribution in [3.63, 3.8) is 0 Å². The zero-order valence-corrected chi connectivity index (χ0v) is 10.4. The molecule has 0 aromatic carbocycles. The number of rotatable bonds is 6. The van der Waals surface area contributed by atoms with Gasteiger partial charge >= 0.3 is 5.51 Å². The fourth-order valence-corrected chi connectivity index (χ4v) is 1.64. The van der Waals surface area contributed by atoms with Crippen molar-refractivity contribution in [3.05, 3.63) is 0 Å². The van der Waals surface area contributed by atoms with Crippen LogP contribution in [0.25, 0.3) is 0 Å². The van der Waals surface area contributed by atoms with Crippen LogP contribution in [0.5, 0.6) is 0 Å². The third-order valence-corrected chi connectivity index (χ3v) is 2.56. The highest BCUT2D eigenvalue weighted by atomic mass is 32.2. The van der Waals surface area contributed by atoms with Crippen molar-refractivity contribution in [1.29, 1.82) is 0 Å². The topological polar surface area (TPSA) is 12.0 Å². The molecule has 0 rings (SSSR count). The van der Waals surface area contributed by atoms with Crippen molar-refractivity contribution >= 4 is 11.8 Å². The van der Waals surface area contributed by atoms with Crippen LogP contribution in [0.2, 0.25) is 0 Å². The molecule has 0 fully saturated rings. The van der Waals surface area contributed by atoms with Gasteiger partial charge in [-0.2, -0.15) is 13.2 Å². The molecule has 1 N–H and O–H groups in total. The number of hydrogen-bond donors (Lipinski definition) is 1. The highest BCUT2D eigenvalue weighted by molar-refractivity contribution is 8.00. The number of halogens is 3. The zero-order chi connectivity index (χ0) is 11.9. The van der Waals surface area contributed by atoms with Gasteiger partial charge in [-0.05, 0) is 40.2 Å². The first-order valence-corrected chi connectivity index (χ1v) is 6.15. The summed E-state index contributed by atoms with van der Waals surface area (Å²) in [4.78, 5) is 0. The minimum Gasteiger partial charge on any atom is -0.312 e. The van der Waals surface area contributed by atoms with Crippen LogP contribution in [0, 0.1) is 0 Å². The van der Waals surface area contributed by atoms with Gasteiger partial charge in [-0.3, -0.25) is 0 Å². The summed E-state index contributed by atoms with van der Waals surface area (Å²) < 4.78 is 35.2. The lowest BCUT2D eigenvalue weighted by Crippen LogP contribution is -2.36. The Bertz CT molecular complexity index is 145. The van der Waals surface area contributed by atoms with Crippen LogP contribution >= 0.6 is 11.8 Å². The SMILES string of the molecule is CC(C)(C)NCCCCCSC(F)(F)F. The maximum atomic E-state index is 11.7. The van der Waals surface area contributed by atoms with Crippen LogP contribution in [0.15, 0.2) is 0 Å². The molecule has 0 saturated carbocycles. The number of unbranched alkanes of at least 4 members (excludes halogenated alkanes) is 2. The van der Waals surface area contributed by atoms with E-state index in [4.69, 9.17) is 0 Å².